The second-order valence-corrected chi connectivity index (χ2v) is 4.80. The minimum Gasteiger partial charge on any atom is -0.348 e. The SMILES string of the molecule is O=C(/C=C/c1cccc(F)c1)NCc1cccc(C(F)(F)F)c1. The molecule has 0 radical (unpaired) electrons. The summed E-state index contributed by atoms with van der Waals surface area (Å²) in [6.07, 6.45) is -1.80. The minimum absolute atomic E-state index is 0.0315. The van der Waals surface area contributed by atoms with Gasteiger partial charge in [-0.25, -0.2) is 4.39 Å². The number of amides is 1. The van der Waals surface area contributed by atoms with E-state index in [1.807, 2.05) is 0 Å². The lowest BCUT2D eigenvalue weighted by molar-refractivity contribution is -0.137. The fourth-order valence-electron chi connectivity index (χ4n) is 1.89. The third-order valence-electron chi connectivity index (χ3n) is 3.00. The Morgan fingerprint density at radius 1 is 1.09 bits per heavy atom. The molecule has 1 amide bonds. The van der Waals surface area contributed by atoms with Crippen LogP contribution in [0.2, 0.25) is 0 Å². The van der Waals surface area contributed by atoms with E-state index in [1.165, 1.54) is 42.5 Å². The van der Waals surface area contributed by atoms with Gasteiger partial charge < -0.3 is 5.32 Å². The van der Waals surface area contributed by atoms with Gasteiger partial charge in [0.2, 0.25) is 5.91 Å². The molecule has 0 bridgehead atoms. The van der Waals surface area contributed by atoms with Crippen molar-refractivity contribution in [1.29, 1.82) is 0 Å². The van der Waals surface area contributed by atoms with Crippen LogP contribution in [0.5, 0.6) is 0 Å². The van der Waals surface area contributed by atoms with Gasteiger partial charge in [0, 0.05) is 12.6 Å². The summed E-state index contributed by atoms with van der Waals surface area (Å²) in [6.45, 7) is -0.0315. The number of halogens is 4. The van der Waals surface area contributed by atoms with Crippen LogP contribution in [-0.2, 0) is 17.5 Å². The molecule has 0 aliphatic carbocycles. The second-order valence-electron chi connectivity index (χ2n) is 4.80. The summed E-state index contributed by atoms with van der Waals surface area (Å²) in [6, 6.07) is 10.4. The molecule has 0 spiro atoms. The van der Waals surface area contributed by atoms with Gasteiger partial charge in [-0.05, 0) is 41.5 Å². The number of hydrogen-bond acceptors (Lipinski definition) is 1. The molecule has 0 saturated heterocycles. The first-order chi connectivity index (χ1) is 10.8. The molecule has 6 heteroatoms. The smallest absolute Gasteiger partial charge is 0.348 e. The maximum Gasteiger partial charge on any atom is 0.416 e. The van der Waals surface area contributed by atoms with Crippen molar-refractivity contribution >= 4 is 12.0 Å². The minimum atomic E-state index is -4.42. The van der Waals surface area contributed by atoms with Gasteiger partial charge >= 0.3 is 6.18 Å². The predicted molar refractivity (Wildman–Crippen MR) is 78.7 cm³/mol. The van der Waals surface area contributed by atoms with E-state index in [-0.39, 0.29) is 6.54 Å². The average Bonchev–Trinajstić information content (AvgIpc) is 2.50. The number of benzene rings is 2. The van der Waals surface area contributed by atoms with Crippen molar-refractivity contribution in [1.82, 2.24) is 5.32 Å². The Kier molecular flexibility index (Phi) is 5.16. The van der Waals surface area contributed by atoms with Gasteiger partial charge in [0.05, 0.1) is 5.56 Å². The van der Waals surface area contributed by atoms with Crippen LogP contribution in [0.25, 0.3) is 6.08 Å². The second kappa shape index (κ2) is 7.09. The number of alkyl halides is 3. The highest BCUT2D eigenvalue weighted by atomic mass is 19.4. The Hall–Kier alpha value is -2.63. The van der Waals surface area contributed by atoms with Gasteiger partial charge in [0.25, 0.3) is 0 Å². The zero-order valence-corrected chi connectivity index (χ0v) is 11.9. The van der Waals surface area contributed by atoms with Crippen molar-refractivity contribution in [3.8, 4) is 0 Å². The molecule has 2 nitrogen and oxygen atoms in total. The summed E-state index contributed by atoms with van der Waals surface area (Å²) in [5, 5.41) is 2.48. The van der Waals surface area contributed by atoms with Crippen molar-refractivity contribution in [2.45, 2.75) is 12.7 Å². The van der Waals surface area contributed by atoms with Gasteiger partial charge in [-0.1, -0.05) is 24.3 Å². The van der Waals surface area contributed by atoms with Gasteiger partial charge in [-0.2, -0.15) is 13.2 Å². The van der Waals surface area contributed by atoms with E-state index < -0.39 is 23.5 Å². The predicted octanol–water partition coefficient (Wildman–Crippen LogP) is 4.17. The molecule has 0 heterocycles. The highest BCUT2D eigenvalue weighted by molar-refractivity contribution is 5.91. The first-order valence-corrected chi connectivity index (χ1v) is 6.72. The van der Waals surface area contributed by atoms with E-state index in [1.54, 1.807) is 6.07 Å². The summed E-state index contributed by atoms with van der Waals surface area (Å²) in [4.78, 5) is 11.6. The lowest BCUT2D eigenvalue weighted by Gasteiger charge is -2.08. The Morgan fingerprint density at radius 3 is 2.52 bits per heavy atom. The largest absolute Gasteiger partial charge is 0.416 e. The average molecular weight is 323 g/mol. The first-order valence-electron chi connectivity index (χ1n) is 6.72. The Balaban J connectivity index is 1.94. The molecule has 0 saturated carbocycles. The molecule has 0 atom stereocenters. The first kappa shape index (κ1) is 16.7. The summed E-state index contributed by atoms with van der Waals surface area (Å²) < 4.78 is 50.7. The summed E-state index contributed by atoms with van der Waals surface area (Å²) in [7, 11) is 0. The van der Waals surface area contributed by atoms with Crippen molar-refractivity contribution < 1.29 is 22.4 Å². The van der Waals surface area contributed by atoms with E-state index in [4.69, 9.17) is 0 Å². The number of nitrogens with one attached hydrogen (secondary N) is 1. The summed E-state index contributed by atoms with van der Waals surface area (Å²) in [5.41, 5.74) is 0.0890. The monoisotopic (exact) mass is 323 g/mol. The van der Waals surface area contributed by atoms with Crippen LogP contribution in [0.4, 0.5) is 17.6 Å². The van der Waals surface area contributed by atoms with Crippen LogP contribution in [-0.4, -0.2) is 5.91 Å². The molecule has 2 aromatic carbocycles. The zero-order valence-electron chi connectivity index (χ0n) is 11.9. The molecule has 0 fully saturated rings. The van der Waals surface area contributed by atoms with E-state index in [0.29, 0.717) is 11.1 Å². The fraction of sp³-hybridized carbons (Fsp3) is 0.118. The third kappa shape index (κ3) is 5.25. The zero-order chi connectivity index (χ0) is 16.9. The highest BCUT2D eigenvalue weighted by Gasteiger charge is 2.30. The Bertz CT molecular complexity index is 723. The quantitative estimate of drug-likeness (QED) is 0.664. The molecule has 1 N–H and O–H groups in total. The van der Waals surface area contributed by atoms with Crippen LogP contribution in [0.15, 0.2) is 54.6 Å². The number of carbonyl (C=O) groups is 1. The van der Waals surface area contributed by atoms with Crippen LogP contribution >= 0.6 is 0 Å². The van der Waals surface area contributed by atoms with Crippen LogP contribution in [0, 0.1) is 5.82 Å². The molecular weight excluding hydrogens is 310 g/mol. The molecular formula is C17H13F4NO. The van der Waals surface area contributed by atoms with Gasteiger partial charge in [-0.15, -0.1) is 0 Å². The lowest BCUT2D eigenvalue weighted by Crippen LogP contribution is -2.20. The van der Waals surface area contributed by atoms with E-state index in [0.717, 1.165) is 12.1 Å². The van der Waals surface area contributed by atoms with Crippen molar-refractivity contribution in [2.24, 2.45) is 0 Å². The standard InChI is InChI=1S/C17H13F4NO/c18-15-6-2-3-12(10-15)7-8-16(23)22-11-13-4-1-5-14(9-13)17(19,20)21/h1-10H,11H2,(H,22,23)/b8-7+. The topological polar surface area (TPSA) is 29.1 Å². The molecule has 2 rings (SSSR count). The third-order valence-corrected chi connectivity index (χ3v) is 3.00. The Morgan fingerprint density at radius 2 is 1.83 bits per heavy atom. The lowest BCUT2D eigenvalue weighted by atomic mass is 10.1. The normalized spacial score (nSPS) is 11.7. The summed E-state index contributed by atoms with van der Waals surface area (Å²) in [5.74, 6) is -0.900. The maximum absolute atomic E-state index is 13.0. The van der Waals surface area contributed by atoms with E-state index >= 15 is 0 Å². The maximum atomic E-state index is 13.0. The van der Waals surface area contributed by atoms with Gasteiger partial charge in [0.1, 0.15) is 5.82 Å². The molecule has 0 aliphatic heterocycles. The molecule has 0 unspecified atom stereocenters. The summed E-state index contributed by atoms with van der Waals surface area (Å²) >= 11 is 0. The Labute approximate surface area is 130 Å². The van der Waals surface area contributed by atoms with E-state index in [2.05, 4.69) is 5.32 Å². The molecule has 0 aromatic heterocycles. The molecule has 2 aromatic rings. The highest BCUT2D eigenvalue weighted by Crippen LogP contribution is 2.29. The molecule has 120 valence electrons. The number of rotatable bonds is 4. The number of carbonyl (C=O) groups excluding carboxylic acids is 1. The van der Waals surface area contributed by atoms with E-state index in [9.17, 15) is 22.4 Å². The fourth-order valence-corrected chi connectivity index (χ4v) is 1.89. The van der Waals surface area contributed by atoms with Gasteiger partial charge in [-0.3, -0.25) is 4.79 Å². The molecule has 23 heavy (non-hydrogen) atoms. The molecule has 0 aliphatic rings. The van der Waals surface area contributed by atoms with Gasteiger partial charge in [0.15, 0.2) is 0 Å². The van der Waals surface area contributed by atoms with Crippen LogP contribution < -0.4 is 5.32 Å². The van der Waals surface area contributed by atoms with Crippen molar-refractivity contribution in [3.05, 3.63) is 77.1 Å². The number of hydrogen-bond donors (Lipinski definition) is 1. The van der Waals surface area contributed by atoms with Crippen molar-refractivity contribution in [2.75, 3.05) is 0 Å². The van der Waals surface area contributed by atoms with Crippen LogP contribution in [0.3, 0.4) is 0 Å². The van der Waals surface area contributed by atoms with Crippen LogP contribution in [0.1, 0.15) is 16.7 Å². The van der Waals surface area contributed by atoms with Crippen molar-refractivity contribution in [3.63, 3.8) is 0 Å².